The summed E-state index contributed by atoms with van der Waals surface area (Å²) in [5.74, 6) is 0. The summed E-state index contributed by atoms with van der Waals surface area (Å²) < 4.78 is 4.17. The topological polar surface area (TPSA) is 56.5 Å². The van der Waals surface area contributed by atoms with Crippen molar-refractivity contribution in [2.75, 3.05) is 0 Å². The summed E-state index contributed by atoms with van der Waals surface area (Å²) in [5, 5.41) is 13.2. The van der Waals surface area contributed by atoms with Gasteiger partial charge in [0, 0.05) is 0 Å². The minimum atomic E-state index is 0.649. The average Bonchev–Trinajstić information content (AvgIpc) is 3.01. The largest absolute Gasteiger partial charge is 0.236 e. The number of aromatic nitrogens is 5. The lowest BCUT2D eigenvalue weighted by Crippen LogP contribution is -1.95. The van der Waals surface area contributed by atoms with Gasteiger partial charge in [-0.3, -0.25) is 0 Å². The maximum atomic E-state index is 5.84. The molecule has 0 saturated carbocycles. The first kappa shape index (κ1) is 12.5. The van der Waals surface area contributed by atoms with Crippen molar-refractivity contribution < 1.29 is 0 Å². The molecule has 0 amide bonds. The number of nitrogens with zero attached hydrogens (tertiary/aromatic N) is 5. The second-order valence-electron chi connectivity index (χ2n) is 2.98. The monoisotopic (exact) mass is 379 g/mol. The zero-order chi connectivity index (χ0) is 12.5. The molecule has 3 aromatic rings. The third-order valence-corrected chi connectivity index (χ3v) is 5.57. The Hall–Kier alpha value is -0.480. The Morgan fingerprint density at radius 3 is 2.89 bits per heavy atom. The van der Waals surface area contributed by atoms with E-state index in [1.165, 1.54) is 23.1 Å². The number of tetrazole rings is 1. The molecular formula is C8H3BrClN5S3. The average molecular weight is 381 g/mol. The first-order valence-electron chi connectivity index (χ1n) is 4.55. The molecule has 3 aromatic heterocycles. The van der Waals surface area contributed by atoms with Crippen molar-refractivity contribution in [1.29, 1.82) is 0 Å². The maximum absolute atomic E-state index is 5.84. The SMILES string of the molecule is Clc1cnc(Sc2nnnn2-c2ccc(Br)s2)s1. The van der Waals surface area contributed by atoms with Crippen LogP contribution < -0.4 is 0 Å². The second-order valence-corrected chi connectivity index (χ2v) is 8.30. The molecular weight excluding hydrogens is 378 g/mol. The van der Waals surface area contributed by atoms with E-state index in [-0.39, 0.29) is 0 Å². The van der Waals surface area contributed by atoms with Crippen molar-refractivity contribution in [3.05, 3.63) is 26.5 Å². The molecule has 0 N–H and O–H groups in total. The van der Waals surface area contributed by atoms with Gasteiger partial charge in [0.15, 0.2) is 4.34 Å². The van der Waals surface area contributed by atoms with Crippen molar-refractivity contribution in [1.82, 2.24) is 25.2 Å². The molecule has 5 nitrogen and oxygen atoms in total. The maximum Gasteiger partial charge on any atom is 0.221 e. The van der Waals surface area contributed by atoms with Crippen LogP contribution in [0.4, 0.5) is 0 Å². The van der Waals surface area contributed by atoms with Gasteiger partial charge in [0.2, 0.25) is 5.16 Å². The highest BCUT2D eigenvalue weighted by molar-refractivity contribution is 9.11. The number of halogens is 2. The number of hydrogen-bond donors (Lipinski definition) is 0. The van der Waals surface area contributed by atoms with E-state index in [1.54, 1.807) is 22.2 Å². The van der Waals surface area contributed by atoms with Crippen LogP contribution in [0.1, 0.15) is 0 Å². The van der Waals surface area contributed by atoms with Crippen LogP contribution in [0.5, 0.6) is 0 Å². The van der Waals surface area contributed by atoms with Gasteiger partial charge in [0.25, 0.3) is 0 Å². The van der Waals surface area contributed by atoms with Crippen LogP contribution in [0.15, 0.2) is 31.6 Å². The molecule has 10 heteroatoms. The Balaban J connectivity index is 1.92. The summed E-state index contributed by atoms with van der Waals surface area (Å²) in [6.45, 7) is 0. The molecule has 0 aliphatic rings. The molecule has 0 aromatic carbocycles. The van der Waals surface area contributed by atoms with Gasteiger partial charge in [0.05, 0.1) is 9.98 Å². The molecule has 0 fully saturated rings. The highest BCUT2D eigenvalue weighted by Crippen LogP contribution is 2.34. The van der Waals surface area contributed by atoms with E-state index in [9.17, 15) is 0 Å². The Labute approximate surface area is 127 Å². The summed E-state index contributed by atoms with van der Waals surface area (Å²) >= 11 is 13.6. The lowest BCUT2D eigenvalue weighted by atomic mass is 10.6. The van der Waals surface area contributed by atoms with E-state index < -0.39 is 0 Å². The zero-order valence-electron chi connectivity index (χ0n) is 8.45. The van der Waals surface area contributed by atoms with Crippen LogP contribution >= 0.6 is 62.0 Å². The first-order valence-corrected chi connectivity index (χ1v) is 8.18. The molecule has 92 valence electrons. The number of thiazole rings is 1. The van der Waals surface area contributed by atoms with Crippen molar-refractivity contribution in [3.8, 4) is 5.00 Å². The standard InChI is InChI=1S/C8H3BrClN5S3/c9-4-1-2-6(16-4)15-7(12-13-14-15)18-8-11-3-5(10)17-8/h1-3H. The van der Waals surface area contributed by atoms with Gasteiger partial charge < -0.3 is 0 Å². The van der Waals surface area contributed by atoms with Crippen LogP contribution in [0.2, 0.25) is 4.34 Å². The molecule has 0 unspecified atom stereocenters. The van der Waals surface area contributed by atoms with Gasteiger partial charge in [-0.2, -0.15) is 4.68 Å². The van der Waals surface area contributed by atoms with E-state index in [1.807, 2.05) is 12.1 Å². The Bertz CT molecular complexity index is 678. The van der Waals surface area contributed by atoms with Crippen LogP contribution in [0, 0.1) is 0 Å². The van der Waals surface area contributed by atoms with E-state index in [2.05, 4.69) is 36.4 Å². The van der Waals surface area contributed by atoms with Gasteiger partial charge in [-0.25, -0.2) is 4.98 Å². The molecule has 3 rings (SSSR count). The van der Waals surface area contributed by atoms with Crippen molar-refractivity contribution in [3.63, 3.8) is 0 Å². The second kappa shape index (κ2) is 5.25. The third-order valence-electron chi connectivity index (χ3n) is 1.84. The van der Waals surface area contributed by atoms with Crippen molar-refractivity contribution >= 4 is 62.0 Å². The highest BCUT2D eigenvalue weighted by Gasteiger charge is 2.13. The van der Waals surface area contributed by atoms with Crippen LogP contribution in [0.25, 0.3) is 5.00 Å². The smallest absolute Gasteiger partial charge is 0.221 e. The molecule has 0 bridgehead atoms. The molecule has 18 heavy (non-hydrogen) atoms. The summed E-state index contributed by atoms with van der Waals surface area (Å²) in [6, 6.07) is 3.90. The number of thiophene rings is 1. The fraction of sp³-hybridized carbons (Fsp3) is 0. The van der Waals surface area contributed by atoms with Gasteiger partial charge >= 0.3 is 0 Å². The minimum absolute atomic E-state index is 0.649. The van der Waals surface area contributed by atoms with E-state index in [0.717, 1.165) is 13.1 Å². The minimum Gasteiger partial charge on any atom is -0.236 e. The Kier molecular flexibility index (Phi) is 3.66. The molecule has 0 aliphatic heterocycles. The lowest BCUT2D eigenvalue weighted by molar-refractivity contribution is 0.768. The highest BCUT2D eigenvalue weighted by atomic mass is 79.9. The Morgan fingerprint density at radius 2 is 2.22 bits per heavy atom. The molecule has 0 spiro atoms. The number of hydrogen-bond acceptors (Lipinski definition) is 7. The third kappa shape index (κ3) is 2.59. The summed E-state index contributed by atoms with van der Waals surface area (Å²) in [6.07, 6.45) is 1.62. The van der Waals surface area contributed by atoms with Crippen molar-refractivity contribution in [2.45, 2.75) is 9.50 Å². The predicted molar refractivity (Wildman–Crippen MR) is 76.0 cm³/mol. The molecule has 0 aliphatic carbocycles. The molecule has 3 heterocycles. The fourth-order valence-corrected chi connectivity index (χ4v) is 4.54. The molecule has 0 saturated heterocycles. The lowest BCUT2D eigenvalue weighted by Gasteiger charge is -1.97. The van der Waals surface area contributed by atoms with Crippen molar-refractivity contribution in [2.24, 2.45) is 0 Å². The van der Waals surface area contributed by atoms with E-state index in [0.29, 0.717) is 9.49 Å². The van der Waals surface area contributed by atoms with Gasteiger partial charge in [-0.1, -0.05) is 22.9 Å². The number of rotatable bonds is 3. The Morgan fingerprint density at radius 1 is 1.33 bits per heavy atom. The molecule has 0 radical (unpaired) electrons. The zero-order valence-corrected chi connectivity index (χ0v) is 13.2. The van der Waals surface area contributed by atoms with Crippen LogP contribution in [-0.4, -0.2) is 25.2 Å². The molecule has 0 atom stereocenters. The first-order chi connectivity index (χ1) is 8.72. The van der Waals surface area contributed by atoms with Gasteiger partial charge in [0.1, 0.15) is 9.34 Å². The van der Waals surface area contributed by atoms with Gasteiger partial charge in [-0.05, 0) is 50.3 Å². The van der Waals surface area contributed by atoms with Gasteiger partial charge in [-0.15, -0.1) is 16.4 Å². The summed E-state index contributed by atoms with van der Waals surface area (Å²) in [7, 11) is 0. The van der Waals surface area contributed by atoms with E-state index >= 15 is 0 Å². The van der Waals surface area contributed by atoms with Crippen LogP contribution in [-0.2, 0) is 0 Å². The fourth-order valence-electron chi connectivity index (χ4n) is 1.16. The quantitative estimate of drug-likeness (QED) is 0.692. The normalized spacial score (nSPS) is 11.0. The summed E-state index contributed by atoms with van der Waals surface area (Å²) in [5.41, 5.74) is 0. The van der Waals surface area contributed by atoms with E-state index in [4.69, 9.17) is 11.6 Å². The predicted octanol–water partition coefficient (Wildman–Crippen LogP) is 3.75. The van der Waals surface area contributed by atoms with Crippen LogP contribution in [0.3, 0.4) is 0 Å². The summed E-state index contributed by atoms with van der Waals surface area (Å²) in [4.78, 5) is 4.17.